The Balaban J connectivity index is 1.22. The highest BCUT2D eigenvalue weighted by Crippen LogP contribution is 2.64. The van der Waals surface area contributed by atoms with E-state index in [1.165, 1.54) is 43.1 Å². The maximum Gasteiger partial charge on any atom is 0.179 e. The van der Waals surface area contributed by atoms with E-state index in [1.54, 1.807) is 0 Å². The molecule has 0 saturated carbocycles. The lowest BCUT2D eigenvalue weighted by Gasteiger charge is -2.45. The van der Waals surface area contributed by atoms with Crippen LogP contribution in [0.1, 0.15) is 0 Å². The molecule has 0 bridgehead atoms. The van der Waals surface area contributed by atoms with Crippen LogP contribution in [0.15, 0.2) is 164 Å². The van der Waals surface area contributed by atoms with Crippen LogP contribution in [-0.2, 0) is 4.57 Å². The van der Waals surface area contributed by atoms with Crippen LogP contribution in [0.25, 0.3) is 64.6 Å². The van der Waals surface area contributed by atoms with Gasteiger partial charge in [0.15, 0.2) is 7.14 Å². The van der Waals surface area contributed by atoms with Gasteiger partial charge in [0.1, 0.15) is 0 Å². The quantitative estimate of drug-likeness (QED) is 0.131. The van der Waals surface area contributed by atoms with Crippen LogP contribution in [0.2, 0.25) is 0 Å². The molecule has 0 spiro atoms. The van der Waals surface area contributed by atoms with E-state index in [0.717, 1.165) is 83.0 Å². The number of fused-ring (bicyclic) bond motifs is 6. The largest absolute Gasteiger partial charge is 0.378 e. The molecule has 0 N–H and O–H groups in total. The molecule has 11 aromatic rings. The minimum atomic E-state index is -3.62. The molecule has 6 heteroatoms. The van der Waals surface area contributed by atoms with Gasteiger partial charge < -0.3 is 24.2 Å². The van der Waals surface area contributed by atoms with Crippen molar-refractivity contribution < 1.29 is 4.57 Å². The Morgan fingerprint density at radius 2 is 0.767 bits per heavy atom. The minimum Gasteiger partial charge on any atom is -0.378 e. The van der Waals surface area contributed by atoms with Crippen molar-refractivity contribution in [3.8, 4) is 0 Å². The molecule has 0 aliphatic carbocycles. The molecular weight excluding hydrogens is 752 g/mol. The fourth-order valence-corrected chi connectivity index (χ4v) is 14.1. The van der Waals surface area contributed by atoms with Gasteiger partial charge in [-0.25, -0.2) is 0 Å². The van der Waals surface area contributed by atoms with Crippen LogP contribution >= 0.6 is 7.14 Å². The normalized spacial score (nSPS) is 14.1. The predicted octanol–water partition coefficient (Wildman–Crippen LogP) is 12.8. The van der Waals surface area contributed by atoms with Crippen LogP contribution in [0, 0.1) is 0 Å². The van der Waals surface area contributed by atoms with Gasteiger partial charge in [0, 0.05) is 72.3 Å². The Hall–Kier alpha value is -7.07. The van der Waals surface area contributed by atoms with E-state index < -0.39 is 7.14 Å². The second-order valence-electron chi connectivity index (χ2n) is 16.9. The minimum absolute atomic E-state index is 0.874. The van der Waals surface area contributed by atoms with Crippen molar-refractivity contribution in [2.75, 3.05) is 47.8 Å². The maximum absolute atomic E-state index is 17.6. The SMILES string of the molecule is CN(C)c1ccc(N2c3cccc4c3P(=O)(c3cc5ccc6cccc7ccc(c32)c5c67)c2cc3ccc5cccc6ccc(c2N4c2ccc(N(C)C)cc2)c3c56)cc1. The zero-order valence-corrected chi connectivity index (χ0v) is 34.6. The van der Waals surface area contributed by atoms with Crippen LogP contribution in [-0.4, -0.2) is 28.2 Å². The standard InChI is InChI=1S/C54H39N4OP/c1-55(2)38-20-24-40(25-21-38)57-44-12-7-13-45-54(44)60(59,46-30-36-16-14-32-8-5-10-34-18-28-42(52(46)57)50(36)48(32)34)47-31-37-17-15-33-9-6-11-35-19-29-43(51(37)49(33)35)53(47)58(45)41-26-22-39(23-27-41)56(3)4/h5-31H,1-4H3. The summed E-state index contributed by atoms with van der Waals surface area (Å²) >= 11 is 0. The molecule has 0 aromatic heterocycles. The summed E-state index contributed by atoms with van der Waals surface area (Å²) in [5.41, 5.74) is 8.18. The number of rotatable bonds is 4. The topological polar surface area (TPSA) is 30.0 Å². The van der Waals surface area contributed by atoms with Gasteiger partial charge in [-0.05, 0) is 127 Å². The summed E-state index contributed by atoms with van der Waals surface area (Å²) in [6.07, 6.45) is 0. The third-order valence-electron chi connectivity index (χ3n) is 13.4. The number of benzene rings is 11. The third-order valence-corrected chi connectivity index (χ3v) is 16.5. The van der Waals surface area contributed by atoms with Crippen molar-refractivity contribution in [1.29, 1.82) is 0 Å². The fourth-order valence-electron chi connectivity index (χ4n) is 10.7. The first-order valence-corrected chi connectivity index (χ1v) is 22.3. The highest BCUT2D eigenvalue weighted by atomic mass is 31.2. The summed E-state index contributed by atoms with van der Waals surface area (Å²) in [5.74, 6) is 0. The number of hydrogen-bond acceptors (Lipinski definition) is 5. The van der Waals surface area contributed by atoms with Crippen molar-refractivity contribution >= 4 is 133 Å². The lowest BCUT2D eigenvalue weighted by atomic mass is 9.92. The van der Waals surface area contributed by atoms with Gasteiger partial charge >= 0.3 is 0 Å². The lowest BCUT2D eigenvalue weighted by Crippen LogP contribution is -2.43. The summed E-state index contributed by atoms with van der Waals surface area (Å²) < 4.78 is 17.6. The number of nitrogens with zero attached hydrogens (tertiary/aromatic N) is 4. The monoisotopic (exact) mass is 790 g/mol. The van der Waals surface area contributed by atoms with Crippen molar-refractivity contribution in [3.05, 3.63) is 164 Å². The molecule has 2 aliphatic heterocycles. The molecule has 2 heterocycles. The number of anilines is 8. The molecule has 11 aromatic carbocycles. The van der Waals surface area contributed by atoms with Crippen LogP contribution < -0.4 is 35.5 Å². The van der Waals surface area contributed by atoms with E-state index in [4.69, 9.17) is 0 Å². The van der Waals surface area contributed by atoms with Crippen LogP contribution in [0.3, 0.4) is 0 Å². The summed E-state index contributed by atoms with van der Waals surface area (Å²) in [7, 11) is 4.68. The van der Waals surface area contributed by atoms with E-state index in [2.05, 4.69) is 212 Å². The summed E-state index contributed by atoms with van der Waals surface area (Å²) in [6, 6.07) is 59.8. The Kier molecular flexibility index (Phi) is 6.65. The number of hydrogen-bond donors (Lipinski definition) is 0. The molecular formula is C54H39N4OP. The second-order valence-corrected chi connectivity index (χ2v) is 19.6. The summed E-state index contributed by atoms with van der Waals surface area (Å²) in [4.78, 5) is 9.07. The van der Waals surface area contributed by atoms with Crippen LogP contribution in [0.4, 0.5) is 45.5 Å². The van der Waals surface area contributed by atoms with Gasteiger partial charge in [-0.1, -0.05) is 91.0 Å². The summed E-state index contributed by atoms with van der Waals surface area (Å²) in [5, 5.41) is 16.8. The first-order valence-electron chi connectivity index (χ1n) is 20.6. The van der Waals surface area contributed by atoms with Crippen molar-refractivity contribution in [1.82, 2.24) is 0 Å². The molecule has 5 nitrogen and oxygen atoms in total. The van der Waals surface area contributed by atoms with Gasteiger partial charge in [-0.15, -0.1) is 0 Å². The smallest absolute Gasteiger partial charge is 0.179 e. The zero-order valence-electron chi connectivity index (χ0n) is 33.7. The molecule has 2 aliphatic rings. The van der Waals surface area contributed by atoms with E-state index >= 15 is 4.57 Å². The lowest BCUT2D eigenvalue weighted by molar-refractivity contribution is 0.592. The van der Waals surface area contributed by atoms with Gasteiger partial charge in [0.05, 0.1) is 28.1 Å². The molecule has 0 fully saturated rings. The van der Waals surface area contributed by atoms with Gasteiger partial charge in [-0.3, -0.25) is 0 Å². The Morgan fingerprint density at radius 1 is 0.400 bits per heavy atom. The van der Waals surface area contributed by atoms with Crippen molar-refractivity contribution in [2.24, 2.45) is 0 Å². The molecule has 0 unspecified atom stereocenters. The van der Waals surface area contributed by atoms with Crippen molar-refractivity contribution in [3.63, 3.8) is 0 Å². The van der Waals surface area contributed by atoms with E-state index in [1.807, 2.05) is 0 Å². The molecule has 0 saturated heterocycles. The second kappa shape index (κ2) is 11.8. The molecule has 13 rings (SSSR count). The van der Waals surface area contributed by atoms with Crippen molar-refractivity contribution in [2.45, 2.75) is 0 Å². The van der Waals surface area contributed by atoms with Gasteiger partial charge in [0.2, 0.25) is 0 Å². The molecule has 0 radical (unpaired) electrons. The van der Waals surface area contributed by atoms with Gasteiger partial charge in [0.25, 0.3) is 0 Å². The molecule has 0 amide bonds. The highest BCUT2D eigenvalue weighted by molar-refractivity contribution is 7.86. The first kappa shape index (κ1) is 33.9. The van der Waals surface area contributed by atoms with E-state index in [9.17, 15) is 0 Å². The summed E-state index contributed by atoms with van der Waals surface area (Å²) in [6.45, 7) is 0. The van der Waals surface area contributed by atoms with E-state index in [0.29, 0.717) is 0 Å². The molecule has 60 heavy (non-hydrogen) atoms. The predicted molar refractivity (Wildman–Crippen MR) is 258 cm³/mol. The maximum atomic E-state index is 17.6. The molecule has 0 atom stereocenters. The Morgan fingerprint density at radius 3 is 1.17 bits per heavy atom. The van der Waals surface area contributed by atoms with Gasteiger partial charge in [-0.2, -0.15) is 0 Å². The fraction of sp³-hybridized carbons (Fsp3) is 0.0741. The highest BCUT2D eigenvalue weighted by Gasteiger charge is 2.50. The average molecular weight is 791 g/mol. The Bertz CT molecular complexity index is 3380. The van der Waals surface area contributed by atoms with Crippen LogP contribution in [0.5, 0.6) is 0 Å². The van der Waals surface area contributed by atoms with E-state index in [-0.39, 0.29) is 0 Å². The zero-order chi connectivity index (χ0) is 40.2. The molecule has 286 valence electrons. The third kappa shape index (κ3) is 4.25. The average Bonchev–Trinajstić information content (AvgIpc) is 3.28. The first-order chi connectivity index (χ1) is 29.3. The Labute approximate surface area is 347 Å².